The van der Waals surface area contributed by atoms with Crippen molar-refractivity contribution >= 4 is 0 Å². The van der Waals surface area contributed by atoms with E-state index in [-0.39, 0.29) is 6.04 Å². The van der Waals surface area contributed by atoms with E-state index in [1.165, 1.54) is 12.1 Å². The highest BCUT2D eigenvalue weighted by atomic mass is 19.1. The topological polar surface area (TPSA) is 12.0 Å². The van der Waals surface area contributed by atoms with Gasteiger partial charge in [-0.1, -0.05) is 13.0 Å². The third kappa shape index (κ3) is 4.54. The lowest BCUT2D eigenvalue weighted by molar-refractivity contribution is 0.483. The summed E-state index contributed by atoms with van der Waals surface area (Å²) in [5.74, 6) is 1.53. The van der Waals surface area contributed by atoms with E-state index in [0.29, 0.717) is 18.4 Å². The second kappa shape index (κ2) is 7.03. The lowest BCUT2D eigenvalue weighted by Crippen LogP contribution is -2.31. The van der Waals surface area contributed by atoms with E-state index in [0.717, 1.165) is 19.0 Å². The Hall–Kier alpha value is -1.40. The van der Waals surface area contributed by atoms with Crippen molar-refractivity contribution in [2.24, 2.45) is 0 Å². The molecule has 1 nitrogen and oxygen atoms in total. The minimum absolute atomic E-state index is 0.135. The van der Waals surface area contributed by atoms with E-state index in [4.69, 9.17) is 6.42 Å². The van der Waals surface area contributed by atoms with E-state index in [9.17, 15) is 8.78 Å². The van der Waals surface area contributed by atoms with E-state index in [1.807, 2.05) is 6.92 Å². The first kappa shape index (κ1) is 13.7. The maximum absolute atomic E-state index is 13.5. The van der Waals surface area contributed by atoms with Crippen molar-refractivity contribution in [1.29, 1.82) is 0 Å². The second-order valence-corrected chi connectivity index (χ2v) is 3.94. The zero-order valence-corrected chi connectivity index (χ0v) is 9.97. The molecule has 1 aromatic carbocycles. The third-order valence-corrected chi connectivity index (χ3v) is 2.61. The van der Waals surface area contributed by atoms with Gasteiger partial charge in [0.05, 0.1) is 0 Å². The van der Waals surface area contributed by atoms with Crippen LogP contribution < -0.4 is 5.32 Å². The van der Waals surface area contributed by atoms with Gasteiger partial charge in [-0.15, -0.1) is 12.3 Å². The van der Waals surface area contributed by atoms with E-state index >= 15 is 0 Å². The Morgan fingerprint density at radius 2 is 2.18 bits per heavy atom. The SMILES string of the molecule is C#CCCC(Cc1ccc(F)cc1F)NCC. The zero-order valence-electron chi connectivity index (χ0n) is 9.97. The van der Waals surface area contributed by atoms with Crippen molar-refractivity contribution in [2.45, 2.75) is 32.2 Å². The number of hydrogen-bond donors (Lipinski definition) is 1. The van der Waals surface area contributed by atoms with Crippen LogP contribution in [0.2, 0.25) is 0 Å². The Balaban J connectivity index is 2.68. The van der Waals surface area contributed by atoms with E-state index in [1.54, 1.807) is 0 Å². The monoisotopic (exact) mass is 237 g/mol. The third-order valence-electron chi connectivity index (χ3n) is 2.61. The summed E-state index contributed by atoms with van der Waals surface area (Å²) < 4.78 is 26.2. The number of benzene rings is 1. The maximum atomic E-state index is 13.5. The summed E-state index contributed by atoms with van der Waals surface area (Å²) in [6.45, 7) is 2.79. The Kier molecular flexibility index (Phi) is 5.65. The number of terminal acetylenes is 1. The van der Waals surface area contributed by atoms with Crippen LogP contribution in [-0.4, -0.2) is 12.6 Å². The minimum atomic E-state index is -0.546. The van der Waals surface area contributed by atoms with Crippen LogP contribution >= 0.6 is 0 Å². The van der Waals surface area contributed by atoms with Crippen LogP contribution in [-0.2, 0) is 6.42 Å². The zero-order chi connectivity index (χ0) is 12.7. The van der Waals surface area contributed by atoms with Gasteiger partial charge in [-0.25, -0.2) is 8.78 Å². The van der Waals surface area contributed by atoms with Gasteiger partial charge in [-0.05, 0) is 31.0 Å². The summed E-state index contributed by atoms with van der Waals surface area (Å²) in [6, 6.07) is 3.82. The van der Waals surface area contributed by atoms with Crippen LogP contribution in [0.5, 0.6) is 0 Å². The molecule has 0 bridgehead atoms. The predicted molar refractivity (Wildman–Crippen MR) is 65.6 cm³/mol. The van der Waals surface area contributed by atoms with Crippen LogP contribution in [0.25, 0.3) is 0 Å². The van der Waals surface area contributed by atoms with Crippen molar-refractivity contribution in [3.63, 3.8) is 0 Å². The van der Waals surface area contributed by atoms with Gasteiger partial charge in [-0.3, -0.25) is 0 Å². The molecule has 0 aliphatic heterocycles. The molecule has 0 radical (unpaired) electrons. The van der Waals surface area contributed by atoms with Gasteiger partial charge in [0.1, 0.15) is 11.6 Å². The van der Waals surface area contributed by atoms with Crippen molar-refractivity contribution in [2.75, 3.05) is 6.54 Å². The van der Waals surface area contributed by atoms with Crippen LogP contribution in [0.1, 0.15) is 25.3 Å². The van der Waals surface area contributed by atoms with Crippen molar-refractivity contribution in [3.8, 4) is 12.3 Å². The molecule has 0 aromatic heterocycles. The molecule has 0 spiro atoms. The average Bonchev–Trinajstić information content (AvgIpc) is 2.29. The normalized spacial score (nSPS) is 12.1. The van der Waals surface area contributed by atoms with Crippen LogP contribution in [0.3, 0.4) is 0 Å². The van der Waals surface area contributed by atoms with Crippen molar-refractivity contribution in [1.82, 2.24) is 5.32 Å². The standard InChI is InChI=1S/C14H17F2N/c1-3-5-6-13(17-4-2)9-11-7-8-12(15)10-14(11)16/h1,7-8,10,13,17H,4-6,9H2,2H3. The molecule has 1 N–H and O–H groups in total. The molecule has 0 aliphatic rings. The second-order valence-electron chi connectivity index (χ2n) is 3.94. The lowest BCUT2D eigenvalue weighted by atomic mass is 10.0. The Labute approximate surface area is 101 Å². The largest absolute Gasteiger partial charge is 0.314 e. The first-order valence-corrected chi connectivity index (χ1v) is 5.78. The molecule has 1 atom stereocenters. The van der Waals surface area contributed by atoms with Gasteiger partial charge >= 0.3 is 0 Å². The number of nitrogens with one attached hydrogen (secondary N) is 1. The quantitative estimate of drug-likeness (QED) is 0.750. The molecule has 0 saturated carbocycles. The summed E-state index contributed by atoms with van der Waals surface area (Å²) in [4.78, 5) is 0. The van der Waals surface area contributed by atoms with Crippen LogP contribution in [0.15, 0.2) is 18.2 Å². The molecule has 0 aliphatic carbocycles. The fourth-order valence-electron chi connectivity index (χ4n) is 1.78. The molecule has 92 valence electrons. The first-order chi connectivity index (χ1) is 8.17. The Morgan fingerprint density at radius 1 is 1.41 bits per heavy atom. The predicted octanol–water partition coefficient (Wildman–Crippen LogP) is 2.90. The number of hydrogen-bond acceptors (Lipinski definition) is 1. The molecule has 0 amide bonds. The fourth-order valence-corrected chi connectivity index (χ4v) is 1.78. The van der Waals surface area contributed by atoms with Crippen LogP contribution in [0.4, 0.5) is 8.78 Å². The van der Waals surface area contributed by atoms with Crippen LogP contribution in [0, 0.1) is 24.0 Å². The van der Waals surface area contributed by atoms with Crippen molar-refractivity contribution in [3.05, 3.63) is 35.4 Å². The van der Waals surface area contributed by atoms with Gasteiger partial charge in [0.25, 0.3) is 0 Å². The summed E-state index contributed by atoms with van der Waals surface area (Å²) in [7, 11) is 0. The molecule has 1 unspecified atom stereocenters. The number of rotatable bonds is 6. The molecule has 1 rings (SSSR count). The van der Waals surface area contributed by atoms with Crippen molar-refractivity contribution < 1.29 is 8.78 Å². The summed E-state index contributed by atoms with van der Waals surface area (Å²) in [6.07, 6.45) is 7.19. The minimum Gasteiger partial charge on any atom is -0.314 e. The smallest absolute Gasteiger partial charge is 0.129 e. The highest BCUT2D eigenvalue weighted by molar-refractivity contribution is 5.19. The average molecular weight is 237 g/mol. The molecule has 0 fully saturated rings. The molecule has 0 saturated heterocycles. The molecule has 3 heteroatoms. The molecule has 1 aromatic rings. The van der Waals surface area contributed by atoms with Gasteiger partial charge in [0.15, 0.2) is 0 Å². The molecular formula is C14H17F2N. The first-order valence-electron chi connectivity index (χ1n) is 5.78. The fraction of sp³-hybridized carbons (Fsp3) is 0.429. The van der Waals surface area contributed by atoms with Gasteiger partial charge in [-0.2, -0.15) is 0 Å². The Morgan fingerprint density at radius 3 is 2.76 bits per heavy atom. The Bertz CT molecular complexity index is 396. The summed E-state index contributed by atoms with van der Waals surface area (Å²) in [5.41, 5.74) is 0.523. The number of likely N-dealkylation sites (N-methyl/N-ethyl adjacent to an activating group) is 1. The van der Waals surface area contributed by atoms with E-state index < -0.39 is 11.6 Å². The molecule has 17 heavy (non-hydrogen) atoms. The highest BCUT2D eigenvalue weighted by Gasteiger charge is 2.11. The maximum Gasteiger partial charge on any atom is 0.129 e. The molecular weight excluding hydrogens is 220 g/mol. The summed E-state index contributed by atoms with van der Waals surface area (Å²) in [5, 5.41) is 3.25. The molecule has 0 heterocycles. The number of halogens is 2. The van der Waals surface area contributed by atoms with Gasteiger partial charge in [0.2, 0.25) is 0 Å². The highest BCUT2D eigenvalue weighted by Crippen LogP contribution is 2.13. The van der Waals surface area contributed by atoms with Gasteiger partial charge < -0.3 is 5.32 Å². The van der Waals surface area contributed by atoms with E-state index in [2.05, 4.69) is 11.2 Å². The van der Waals surface area contributed by atoms with Gasteiger partial charge in [0, 0.05) is 18.5 Å². The summed E-state index contributed by atoms with van der Waals surface area (Å²) >= 11 is 0. The lowest BCUT2D eigenvalue weighted by Gasteiger charge is -2.17.